The summed E-state index contributed by atoms with van der Waals surface area (Å²) < 4.78 is 10.6. The van der Waals surface area contributed by atoms with Gasteiger partial charge in [0.05, 0.1) is 13.7 Å². The van der Waals surface area contributed by atoms with E-state index in [1.807, 2.05) is 36.4 Å². The molecule has 0 amide bonds. The highest BCUT2D eigenvalue weighted by Crippen LogP contribution is 2.20. The number of hydrogen-bond donors (Lipinski definition) is 1. The number of methoxy groups -OCH3 is 1. The molecule has 0 saturated carbocycles. The monoisotopic (exact) mass is 286 g/mol. The Morgan fingerprint density at radius 3 is 2.48 bits per heavy atom. The van der Waals surface area contributed by atoms with E-state index < -0.39 is 0 Å². The maximum absolute atomic E-state index is 6.25. The molecule has 2 aromatic rings. The van der Waals surface area contributed by atoms with E-state index >= 15 is 0 Å². The summed E-state index contributed by atoms with van der Waals surface area (Å²) in [7, 11) is 1.61. The quantitative estimate of drug-likeness (QED) is 0.849. The summed E-state index contributed by atoms with van der Waals surface area (Å²) in [6.45, 7) is 2.83. The topological polar surface area (TPSA) is 57.4 Å². The number of nitrogens with two attached hydrogens (primary N) is 1. The Bertz CT molecular complexity index is 538. The van der Waals surface area contributed by atoms with Crippen LogP contribution in [0.1, 0.15) is 30.5 Å². The Morgan fingerprint density at radius 1 is 1.14 bits per heavy atom. The van der Waals surface area contributed by atoms with Crippen molar-refractivity contribution in [1.29, 1.82) is 0 Å². The van der Waals surface area contributed by atoms with Gasteiger partial charge >= 0.3 is 0 Å². The minimum atomic E-state index is -0.0552. The average Bonchev–Trinajstić information content (AvgIpc) is 2.54. The SMILES string of the molecule is CCCOc1ccc(C(N)Cc2ccc(OC)nc2)cc1. The van der Waals surface area contributed by atoms with E-state index in [1.165, 1.54) is 0 Å². The van der Waals surface area contributed by atoms with Crippen LogP contribution in [-0.4, -0.2) is 18.7 Å². The Morgan fingerprint density at radius 2 is 1.90 bits per heavy atom. The van der Waals surface area contributed by atoms with Crippen molar-refractivity contribution in [3.8, 4) is 11.6 Å². The van der Waals surface area contributed by atoms with Crippen LogP contribution in [0.15, 0.2) is 42.6 Å². The molecule has 4 nitrogen and oxygen atoms in total. The normalized spacial score (nSPS) is 12.0. The fraction of sp³-hybridized carbons (Fsp3) is 0.353. The molecule has 0 saturated heterocycles. The van der Waals surface area contributed by atoms with Crippen LogP contribution in [0.25, 0.3) is 0 Å². The lowest BCUT2D eigenvalue weighted by Gasteiger charge is -2.13. The molecule has 1 heterocycles. The van der Waals surface area contributed by atoms with Crippen molar-refractivity contribution in [1.82, 2.24) is 4.98 Å². The first-order valence-corrected chi connectivity index (χ1v) is 7.20. The maximum Gasteiger partial charge on any atom is 0.212 e. The molecule has 1 aromatic carbocycles. The first kappa shape index (κ1) is 15.3. The summed E-state index contributed by atoms with van der Waals surface area (Å²) in [6, 6.07) is 11.8. The Kier molecular flexibility index (Phi) is 5.58. The molecule has 4 heteroatoms. The Labute approximate surface area is 125 Å². The summed E-state index contributed by atoms with van der Waals surface area (Å²) in [4.78, 5) is 4.19. The highest BCUT2D eigenvalue weighted by Gasteiger charge is 2.08. The zero-order valence-electron chi connectivity index (χ0n) is 12.6. The third-order valence-corrected chi connectivity index (χ3v) is 3.24. The number of nitrogens with zero attached hydrogens (tertiary/aromatic N) is 1. The van der Waals surface area contributed by atoms with Crippen molar-refractivity contribution in [2.75, 3.05) is 13.7 Å². The summed E-state index contributed by atoms with van der Waals surface area (Å²) in [5.41, 5.74) is 8.43. The van der Waals surface area contributed by atoms with Crippen LogP contribution in [0.4, 0.5) is 0 Å². The third-order valence-electron chi connectivity index (χ3n) is 3.24. The fourth-order valence-electron chi connectivity index (χ4n) is 2.06. The lowest BCUT2D eigenvalue weighted by atomic mass is 10.0. The molecule has 0 fully saturated rings. The van der Waals surface area contributed by atoms with E-state index in [1.54, 1.807) is 13.3 Å². The highest BCUT2D eigenvalue weighted by atomic mass is 16.5. The summed E-state index contributed by atoms with van der Waals surface area (Å²) >= 11 is 0. The molecule has 0 spiro atoms. The largest absolute Gasteiger partial charge is 0.494 e. The number of benzene rings is 1. The van der Waals surface area contributed by atoms with Gasteiger partial charge in [-0.3, -0.25) is 0 Å². The molecule has 0 radical (unpaired) electrons. The molecular weight excluding hydrogens is 264 g/mol. The van der Waals surface area contributed by atoms with Crippen molar-refractivity contribution in [2.24, 2.45) is 5.73 Å². The molecule has 112 valence electrons. The number of ether oxygens (including phenoxy) is 2. The van der Waals surface area contributed by atoms with Gasteiger partial charge in [-0.15, -0.1) is 0 Å². The molecule has 2 rings (SSSR count). The lowest BCUT2D eigenvalue weighted by molar-refractivity contribution is 0.317. The van der Waals surface area contributed by atoms with E-state index in [4.69, 9.17) is 15.2 Å². The minimum absolute atomic E-state index is 0.0552. The molecule has 21 heavy (non-hydrogen) atoms. The van der Waals surface area contributed by atoms with Gasteiger partial charge in [0.1, 0.15) is 5.75 Å². The van der Waals surface area contributed by atoms with Crippen molar-refractivity contribution >= 4 is 0 Å². The minimum Gasteiger partial charge on any atom is -0.494 e. The third kappa shape index (κ3) is 4.46. The van der Waals surface area contributed by atoms with Crippen LogP contribution in [0.2, 0.25) is 0 Å². The second-order valence-electron chi connectivity index (χ2n) is 4.94. The zero-order valence-corrected chi connectivity index (χ0v) is 12.6. The molecule has 2 N–H and O–H groups in total. The number of hydrogen-bond acceptors (Lipinski definition) is 4. The van der Waals surface area contributed by atoms with Crippen LogP contribution < -0.4 is 15.2 Å². The van der Waals surface area contributed by atoms with Gasteiger partial charge in [-0.1, -0.05) is 25.1 Å². The van der Waals surface area contributed by atoms with Crippen LogP contribution in [0.3, 0.4) is 0 Å². The molecule has 0 aliphatic heterocycles. The van der Waals surface area contributed by atoms with E-state index in [0.717, 1.165) is 36.3 Å². The van der Waals surface area contributed by atoms with E-state index in [9.17, 15) is 0 Å². The number of aromatic nitrogens is 1. The highest BCUT2D eigenvalue weighted by molar-refractivity contribution is 5.30. The maximum atomic E-state index is 6.25. The standard InChI is InChI=1S/C17H22N2O2/c1-3-10-21-15-7-5-14(6-8-15)16(18)11-13-4-9-17(20-2)19-12-13/h4-9,12,16H,3,10-11,18H2,1-2H3. The predicted molar refractivity (Wildman–Crippen MR) is 83.6 cm³/mol. The molecule has 0 aliphatic carbocycles. The molecule has 1 aromatic heterocycles. The smallest absolute Gasteiger partial charge is 0.212 e. The van der Waals surface area contributed by atoms with E-state index in [0.29, 0.717) is 5.88 Å². The van der Waals surface area contributed by atoms with Crippen LogP contribution in [-0.2, 0) is 6.42 Å². The Hall–Kier alpha value is -2.07. The van der Waals surface area contributed by atoms with E-state index in [2.05, 4.69) is 11.9 Å². The van der Waals surface area contributed by atoms with Crippen molar-refractivity contribution in [3.05, 3.63) is 53.7 Å². The molecule has 0 bridgehead atoms. The second kappa shape index (κ2) is 7.64. The predicted octanol–water partition coefficient (Wildman–Crippen LogP) is 3.12. The average molecular weight is 286 g/mol. The van der Waals surface area contributed by atoms with Crippen LogP contribution in [0.5, 0.6) is 11.6 Å². The van der Waals surface area contributed by atoms with E-state index in [-0.39, 0.29) is 6.04 Å². The zero-order chi connectivity index (χ0) is 15.1. The van der Waals surface area contributed by atoms with Gasteiger partial charge in [0.15, 0.2) is 0 Å². The Balaban J connectivity index is 1.96. The van der Waals surface area contributed by atoms with Gasteiger partial charge in [-0.25, -0.2) is 4.98 Å². The summed E-state index contributed by atoms with van der Waals surface area (Å²) in [5.74, 6) is 1.50. The van der Waals surface area contributed by atoms with Gasteiger partial charge in [-0.2, -0.15) is 0 Å². The lowest BCUT2D eigenvalue weighted by Crippen LogP contribution is -2.13. The van der Waals surface area contributed by atoms with Crippen molar-refractivity contribution in [3.63, 3.8) is 0 Å². The number of rotatable bonds is 7. The second-order valence-corrected chi connectivity index (χ2v) is 4.94. The summed E-state index contributed by atoms with van der Waals surface area (Å²) in [5, 5.41) is 0. The van der Waals surface area contributed by atoms with Gasteiger partial charge < -0.3 is 15.2 Å². The molecule has 0 aliphatic rings. The van der Waals surface area contributed by atoms with Gasteiger partial charge in [-0.05, 0) is 36.1 Å². The van der Waals surface area contributed by atoms with Crippen LogP contribution in [0, 0.1) is 0 Å². The van der Waals surface area contributed by atoms with Gasteiger partial charge in [0, 0.05) is 18.3 Å². The fourth-order valence-corrected chi connectivity index (χ4v) is 2.06. The summed E-state index contributed by atoms with van der Waals surface area (Å²) in [6.07, 6.45) is 3.55. The van der Waals surface area contributed by atoms with Crippen molar-refractivity contribution in [2.45, 2.75) is 25.8 Å². The van der Waals surface area contributed by atoms with Gasteiger partial charge in [0.2, 0.25) is 5.88 Å². The molecular formula is C17H22N2O2. The van der Waals surface area contributed by atoms with Gasteiger partial charge in [0.25, 0.3) is 0 Å². The first-order valence-electron chi connectivity index (χ1n) is 7.20. The van der Waals surface area contributed by atoms with Crippen LogP contribution >= 0.6 is 0 Å². The molecule has 1 unspecified atom stereocenters. The number of pyridine rings is 1. The molecule has 1 atom stereocenters. The van der Waals surface area contributed by atoms with Crippen molar-refractivity contribution < 1.29 is 9.47 Å². The first-order chi connectivity index (χ1) is 10.2.